The number of aromatic nitrogens is 2. The van der Waals surface area contributed by atoms with Gasteiger partial charge >= 0.3 is 0 Å². The number of piperidine rings is 1. The molecule has 0 spiro atoms. The molecule has 1 atom stereocenters. The quantitative estimate of drug-likeness (QED) is 0.747. The van der Waals surface area contributed by atoms with E-state index in [0.29, 0.717) is 6.04 Å². The normalized spacial score (nSPS) is 18.6. The number of likely N-dealkylation sites (tertiary alicyclic amines) is 1. The molecule has 1 fully saturated rings. The zero-order valence-corrected chi connectivity index (χ0v) is 15.3. The van der Waals surface area contributed by atoms with Crippen molar-refractivity contribution in [1.29, 1.82) is 0 Å². The van der Waals surface area contributed by atoms with Crippen LogP contribution in [0.2, 0.25) is 0 Å². The highest BCUT2D eigenvalue weighted by molar-refractivity contribution is 7.17. The summed E-state index contributed by atoms with van der Waals surface area (Å²) in [6, 6.07) is 8.33. The van der Waals surface area contributed by atoms with Crippen LogP contribution in [0.1, 0.15) is 18.4 Å². The molecule has 3 heterocycles. The first kappa shape index (κ1) is 16.3. The number of aromatic hydroxyl groups is 1. The topological polar surface area (TPSA) is 61.3 Å². The third-order valence-corrected chi connectivity index (χ3v) is 5.70. The summed E-state index contributed by atoms with van der Waals surface area (Å²) in [7, 11) is 2.15. The molecular weight excluding hydrogens is 332 g/mol. The average molecular weight is 354 g/mol. The van der Waals surface area contributed by atoms with Crippen LogP contribution in [0.4, 0.5) is 5.82 Å². The molecule has 5 nitrogen and oxygen atoms in total. The van der Waals surface area contributed by atoms with Crippen LogP contribution in [-0.4, -0.2) is 46.4 Å². The Kier molecular flexibility index (Phi) is 4.31. The second kappa shape index (κ2) is 6.61. The molecule has 0 radical (unpaired) electrons. The molecule has 1 aromatic carbocycles. The number of nitrogens with zero attached hydrogens (tertiary/aromatic N) is 3. The number of rotatable bonds is 3. The van der Waals surface area contributed by atoms with Crippen molar-refractivity contribution in [2.75, 3.05) is 25.5 Å². The van der Waals surface area contributed by atoms with E-state index in [-0.39, 0.29) is 5.75 Å². The lowest BCUT2D eigenvalue weighted by Gasteiger charge is -2.30. The highest BCUT2D eigenvalue weighted by atomic mass is 32.1. The number of fused-ring (bicyclic) bond motifs is 1. The first-order valence-electron chi connectivity index (χ1n) is 8.61. The standard InChI is InChI=1S/C19H22N4OS/c1-12-10-17(20-13-4-3-8-23(2)11-13)21-22-18(12)15-5-6-16-14(19(15)24)7-9-25-16/h5-7,9-10,13,24H,3-4,8,11H2,1-2H3,(H,20,21). The summed E-state index contributed by atoms with van der Waals surface area (Å²) in [5.74, 6) is 1.09. The monoisotopic (exact) mass is 354 g/mol. The number of thiophene rings is 1. The van der Waals surface area contributed by atoms with E-state index in [9.17, 15) is 5.11 Å². The fourth-order valence-electron chi connectivity index (χ4n) is 3.54. The molecule has 2 N–H and O–H groups in total. The first-order chi connectivity index (χ1) is 12.1. The van der Waals surface area contributed by atoms with Gasteiger partial charge in [0.25, 0.3) is 0 Å². The van der Waals surface area contributed by atoms with Gasteiger partial charge in [-0.15, -0.1) is 21.5 Å². The van der Waals surface area contributed by atoms with E-state index < -0.39 is 0 Å². The average Bonchev–Trinajstić information content (AvgIpc) is 3.06. The number of phenols is 1. The third kappa shape index (κ3) is 3.19. The van der Waals surface area contributed by atoms with E-state index >= 15 is 0 Å². The lowest BCUT2D eigenvalue weighted by Crippen LogP contribution is -2.39. The predicted molar refractivity (Wildman–Crippen MR) is 103 cm³/mol. The third-order valence-electron chi connectivity index (χ3n) is 4.82. The molecule has 3 aromatic rings. The van der Waals surface area contributed by atoms with Gasteiger partial charge in [-0.1, -0.05) is 0 Å². The molecule has 0 aliphatic carbocycles. The van der Waals surface area contributed by atoms with Gasteiger partial charge in [-0.2, -0.15) is 0 Å². The molecule has 1 unspecified atom stereocenters. The Morgan fingerprint density at radius 2 is 2.16 bits per heavy atom. The van der Waals surface area contributed by atoms with E-state index in [0.717, 1.165) is 52.2 Å². The summed E-state index contributed by atoms with van der Waals surface area (Å²) in [6.45, 7) is 4.20. The van der Waals surface area contributed by atoms with Crippen molar-refractivity contribution in [1.82, 2.24) is 15.1 Å². The van der Waals surface area contributed by atoms with Crippen molar-refractivity contribution in [3.63, 3.8) is 0 Å². The van der Waals surface area contributed by atoms with Gasteiger partial charge < -0.3 is 15.3 Å². The van der Waals surface area contributed by atoms with Crippen molar-refractivity contribution in [2.45, 2.75) is 25.8 Å². The van der Waals surface area contributed by atoms with E-state index in [2.05, 4.69) is 27.5 Å². The molecule has 130 valence electrons. The maximum atomic E-state index is 10.6. The molecule has 1 aliphatic heterocycles. The lowest BCUT2D eigenvalue weighted by atomic mass is 10.0. The molecule has 1 aliphatic rings. The molecule has 0 amide bonds. The Balaban J connectivity index is 1.61. The Labute approximate surface area is 151 Å². The van der Waals surface area contributed by atoms with Crippen molar-refractivity contribution in [3.8, 4) is 17.0 Å². The van der Waals surface area contributed by atoms with Gasteiger partial charge in [0, 0.05) is 28.2 Å². The second-order valence-electron chi connectivity index (χ2n) is 6.80. The van der Waals surface area contributed by atoms with Gasteiger partial charge in [0.15, 0.2) is 0 Å². The number of phenolic OH excluding ortho intramolecular Hbond substituents is 1. The highest BCUT2D eigenvalue weighted by Crippen LogP contribution is 2.38. The number of benzene rings is 1. The van der Waals surface area contributed by atoms with Gasteiger partial charge in [0.1, 0.15) is 11.6 Å². The van der Waals surface area contributed by atoms with Crippen LogP contribution in [0.15, 0.2) is 29.6 Å². The summed E-state index contributed by atoms with van der Waals surface area (Å²) >= 11 is 1.62. The van der Waals surface area contributed by atoms with Crippen LogP contribution >= 0.6 is 11.3 Å². The fraction of sp³-hybridized carbons (Fsp3) is 0.368. The summed E-state index contributed by atoms with van der Waals surface area (Å²) in [4.78, 5) is 2.34. The summed E-state index contributed by atoms with van der Waals surface area (Å²) < 4.78 is 1.08. The van der Waals surface area contributed by atoms with Gasteiger partial charge in [0.05, 0.1) is 5.69 Å². The summed E-state index contributed by atoms with van der Waals surface area (Å²) in [6.07, 6.45) is 2.36. The molecule has 1 saturated heterocycles. The van der Waals surface area contributed by atoms with Crippen LogP contribution in [-0.2, 0) is 0 Å². The van der Waals surface area contributed by atoms with E-state index in [1.165, 1.54) is 6.42 Å². The van der Waals surface area contributed by atoms with Crippen molar-refractivity contribution >= 4 is 27.2 Å². The van der Waals surface area contributed by atoms with Gasteiger partial charge in [-0.05, 0) is 68.6 Å². The lowest BCUT2D eigenvalue weighted by molar-refractivity contribution is 0.260. The minimum atomic E-state index is 0.283. The minimum absolute atomic E-state index is 0.283. The Hall–Kier alpha value is -2.18. The summed E-state index contributed by atoms with van der Waals surface area (Å²) in [5.41, 5.74) is 2.48. The van der Waals surface area contributed by atoms with E-state index in [4.69, 9.17) is 0 Å². The smallest absolute Gasteiger partial charge is 0.149 e. The Bertz CT molecular complexity index is 908. The fourth-order valence-corrected chi connectivity index (χ4v) is 4.32. The number of likely N-dealkylation sites (N-methyl/N-ethyl adjacent to an activating group) is 1. The number of hydrogen-bond acceptors (Lipinski definition) is 6. The minimum Gasteiger partial charge on any atom is -0.507 e. The van der Waals surface area contributed by atoms with Crippen molar-refractivity contribution < 1.29 is 5.11 Å². The van der Waals surface area contributed by atoms with E-state index in [1.54, 1.807) is 11.3 Å². The SMILES string of the molecule is Cc1cc(NC2CCCN(C)C2)nnc1-c1ccc2sccc2c1O. The van der Waals surface area contributed by atoms with Crippen LogP contribution in [0.25, 0.3) is 21.3 Å². The maximum absolute atomic E-state index is 10.6. The predicted octanol–water partition coefficient (Wildman–Crippen LogP) is 3.88. The molecule has 6 heteroatoms. The van der Waals surface area contributed by atoms with Crippen LogP contribution in [0.5, 0.6) is 5.75 Å². The van der Waals surface area contributed by atoms with E-state index in [1.807, 2.05) is 36.6 Å². The van der Waals surface area contributed by atoms with Crippen LogP contribution in [0.3, 0.4) is 0 Å². The van der Waals surface area contributed by atoms with Crippen molar-refractivity contribution in [2.24, 2.45) is 0 Å². The largest absolute Gasteiger partial charge is 0.507 e. The molecule has 25 heavy (non-hydrogen) atoms. The van der Waals surface area contributed by atoms with Crippen molar-refractivity contribution in [3.05, 3.63) is 35.2 Å². The van der Waals surface area contributed by atoms with Gasteiger partial charge in [-0.3, -0.25) is 0 Å². The molecular formula is C19H22N4OS. The molecule has 0 bridgehead atoms. The second-order valence-corrected chi connectivity index (χ2v) is 7.75. The Morgan fingerprint density at radius 3 is 2.96 bits per heavy atom. The number of hydrogen-bond donors (Lipinski definition) is 2. The number of nitrogens with one attached hydrogen (secondary N) is 1. The molecule has 2 aromatic heterocycles. The highest BCUT2D eigenvalue weighted by Gasteiger charge is 2.18. The molecule has 0 saturated carbocycles. The van der Waals surface area contributed by atoms with Gasteiger partial charge in [-0.25, -0.2) is 0 Å². The van der Waals surface area contributed by atoms with Gasteiger partial charge in [0.2, 0.25) is 0 Å². The number of anilines is 1. The first-order valence-corrected chi connectivity index (χ1v) is 9.49. The zero-order chi connectivity index (χ0) is 17.4. The van der Waals surface area contributed by atoms with Crippen LogP contribution in [0, 0.1) is 6.92 Å². The maximum Gasteiger partial charge on any atom is 0.149 e. The van der Waals surface area contributed by atoms with Crippen LogP contribution < -0.4 is 5.32 Å². The summed E-state index contributed by atoms with van der Waals surface area (Å²) in [5, 5.41) is 25.7. The molecule has 4 rings (SSSR count). The number of aryl methyl sites for hydroxylation is 1. The zero-order valence-electron chi connectivity index (χ0n) is 14.5. The Morgan fingerprint density at radius 1 is 1.28 bits per heavy atom.